The number of fused-ring (bicyclic) bond motifs is 1. The molecule has 1 unspecified atom stereocenters. The quantitative estimate of drug-likeness (QED) is 0.620. The molecule has 0 saturated carbocycles. The lowest BCUT2D eigenvalue weighted by molar-refractivity contribution is -0.137. The fraction of sp³-hybridized carbons (Fsp3) is 0.294. The molecule has 0 amide bonds. The summed E-state index contributed by atoms with van der Waals surface area (Å²) >= 11 is 7.14. The molecule has 26 heavy (non-hydrogen) atoms. The fourth-order valence-corrected chi connectivity index (χ4v) is 3.67. The predicted molar refractivity (Wildman–Crippen MR) is 102 cm³/mol. The molecule has 0 aliphatic rings. The molecule has 7 nitrogen and oxygen atoms in total. The van der Waals surface area contributed by atoms with Crippen LogP contribution in [0.25, 0.3) is 11.2 Å². The second-order valence-corrected chi connectivity index (χ2v) is 7.70. The van der Waals surface area contributed by atoms with Crippen molar-refractivity contribution in [2.45, 2.75) is 30.8 Å². The average molecular weight is 392 g/mol. The van der Waals surface area contributed by atoms with Crippen molar-refractivity contribution in [1.82, 2.24) is 19.5 Å². The van der Waals surface area contributed by atoms with Crippen LogP contribution in [0.1, 0.15) is 19.4 Å². The number of nitrogens with two attached hydrogens (primary N) is 1. The van der Waals surface area contributed by atoms with Crippen molar-refractivity contribution in [2.75, 3.05) is 5.73 Å². The van der Waals surface area contributed by atoms with E-state index >= 15 is 0 Å². The monoisotopic (exact) mass is 391 g/mol. The van der Waals surface area contributed by atoms with Gasteiger partial charge in [-0.15, -0.1) is 0 Å². The normalized spacial score (nSPS) is 12.6. The van der Waals surface area contributed by atoms with Crippen molar-refractivity contribution in [1.29, 1.82) is 0 Å². The maximum atomic E-state index is 11.6. The number of aliphatic carboxylic acids is 1. The van der Waals surface area contributed by atoms with Crippen LogP contribution in [0.2, 0.25) is 5.02 Å². The van der Waals surface area contributed by atoms with Gasteiger partial charge in [0.1, 0.15) is 11.6 Å². The highest BCUT2D eigenvalue weighted by molar-refractivity contribution is 8.00. The van der Waals surface area contributed by atoms with Crippen molar-refractivity contribution in [3.8, 4) is 0 Å². The van der Waals surface area contributed by atoms with Crippen LogP contribution in [0, 0.1) is 5.92 Å². The number of halogens is 1. The number of anilines is 1. The number of hydrogen-bond acceptors (Lipinski definition) is 6. The number of nitrogens with zero attached hydrogens (tertiary/aromatic N) is 4. The highest BCUT2D eigenvalue weighted by Crippen LogP contribution is 2.32. The molecule has 0 spiro atoms. The number of rotatable bonds is 6. The van der Waals surface area contributed by atoms with Crippen LogP contribution >= 0.6 is 23.4 Å². The summed E-state index contributed by atoms with van der Waals surface area (Å²) in [6, 6.07) is 7.43. The van der Waals surface area contributed by atoms with Gasteiger partial charge in [-0.05, 0) is 23.6 Å². The lowest BCUT2D eigenvalue weighted by Crippen LogP contribution is -2.23. The Morgan fingerprint density at radius 1 is 1.31 bits per heavy atom. The summed E-state index contributed by atoms with van der Waals surface area (Å²) in [6.45, 7) is 4.20. The van der Waals surface area contributed by atoms with Gasteiger partial charge in [-0.2, -0.15) is 0 Å². The number of carboxylic acid groups (broad SMARTS) is 1. The van der Waals surface area contributed by atoms with E-state index in [-0.39, 0.29) is 11.7 Å². The molecule has 1 aromatic carbocycles. The lowest BCUT2D eigenvalue weighted by Gasteiger charge is -2.16. The predicted octanol–water partition coefficient (Wildman–Crippen LogP) is 3.31. The van der Waals surface area contributed by atoms with Gasteiger partial charge in [-0.25, -0.2) is 15.0 Å². The highest BCUT2D eigenvalue weighted by atomic mass is 35.5. The Morgan fingerprint density at radius 2 is 2.00 bits per heavy atom. The summed E-state index contributed by atoms with van der Waals surface area (Å²) in [5.74, 6) is -0.679. The minimum Gasteiger partial charge on any atom is -0.480 e. The maximum absolute atomic E-state index is 11.6. The number of imidazole rings is 1. The Morgan fingerprint density at radius 3 is 2.62 bits per heavy atom. The smallest absolute Gasteiger partial charge is 0.317 e. The summed E-state index contributed by atoms with van der Waals surface area (Å²) < 4.78 is 1.86. The van der Waals surface area contributed by atoms with E-state index in [9.17, 15) is 9.90 Å². The lowest BCUT2D eigenvalue weighted by atomic mass is 10.1. The Balaban J connectivity index is 2.07. The molecule has 3 N–H and O–H groups in total. The van der Waals surface area contributed by atoms with Gasteiger partial charge in [0.25, 0.3) is 0 Å². The average Bonchev–Trinajstić information content (AvgIpc) is 2.93. The number of nitrogen functional groups attached to an aromatic ring is 1. The van der Waals surface area contributed by atoms with Crippen molar-refractivity contribution >= 4 is 46.3 Å². The minimum atomic E-state index is -0.880. The second kappa shape index (κ2) is 7.51. The van der Waals surface area contributed by atoms with Crippen LogP contribution in [-0.2, 0) is 11.3 Å². The Kier molecular flexibility index (Phi) is 5.33. The highest BCUT2D eigenvalue weighted by Gasteiger charge is 2.26. The Hall–Kier alpha value is -2.32. The van der Waals surface area contributed by atoms with Crippen LogP contribution in [0.5, 0.6) is 0 Å². The van der Waals surface area contributed by atoms with E-state index in [0.717, 1.165) is 5.56 Å². The maximum Gasteiger partial charge on any atom is 0.317 e. The first-order chi connectivity index (χ1) is 12.4. The summed E-state index contributed by atoms with van der Waals surface area (Å²) in [5, 5.41) is 10.1. The molecule has 136 valence electrons. The van der Waals surface area contributed by atoms with Gasteiger partial charge in [0.15, 0.2) is 22.1 Å². The van der Waals surface area contributed by atoms with E-state index < -0.39 is 11.2 Å². The molecule has 9 heteroatoms. The molecule has 3 aromatic rings. The molecule has 1 atom stereocenters. The van der Waals surface area contributed by atoms with Gasteiger partial charge in [-0.1, -0.05) is 49.3 Å². The SMILES string of the molecule is CC(C)C(Sc1nc2c(N)ncnc2n1Cc1ccc(Cl)cc1)C(=O)O. The largest absolute Gasteiger partial charge is 0.480 e. The molecule has 0 radical (unpaired) electrons. The molecule has 2 heterocycles. The van der Waals surface area contributed by atoms with E-state index in [1.54, 1.807) is 12.1 Å². The zero-order valence-corrected chi connectivity index (χ0v) is 15.8. The zero-order chi connectivity index (χ0) is 18.8. The van der Waals surface area contributed by atoms with Gasteiger partial charge < -0.3 is 10.8 Å². The number of aromatic nitrogens is 4. The van der Waals surface area contributed by atoms with E-state index in [1.165, 1.54) is 18.1 Å². The molecule has 0 aliphatic carbocycles. The van der Waals surface area contributed by atoms with Gasteiger partial charge in [0.2, 0.25) is 0 Å². The standard InChI is InChI=1S/C17H18ClN5O2S/c1-9(2)13(16(24)25)26-17-22-12-14(19)20-8-21-15(12)23(17)7-10-3-5-11(18)6-4-10/h3-6,8-9,13H,7H2,1-2H3,(H,24,25)(H2,19,20,21). The molecular weight excluding hydrogens is 374 g/mol. The molecule has 2 aromatic heterocycles. The van der Waals surface area contributed by atoms with Crippen LogP contribution in [0.4, 0.5) is 5.82 Å². The van der Waals surface area contributed by atoms with Crippen LogP contribution in [-0.4, -0.2) is 35.8 Å². The topological polar surface area (TPSA) is 107 Å². The van der Waals surface area contributed by atoms with E-state index in [4.69, 9.17) is 17.3 Å². The molecule has 3 rings (SSSR count). The van der Waals surface area contributed by atoms with E-state index in [0.29, 0.717) is 27.9 Å². The third-order valence-corrected chi connectivity index (χ3v) is 5.63. The van der Waals surface area contributed by atoms with Gasteiger partial charge in [-0.3, -0.25) is 9.36 Å². The first-order valence-electron chi connectivity index (χ1n) is 7.97. The van der Waals surface area contributed by atoms with Gasteiger partial charge in [0, 0.05) is 5.02 Å². The summed E-state index contributed by atoms with van der Waals surface area (Å²) in [4.78, 5) is 24.4. The van der Waals surface area contributed by atoms with Crippen LogP contribution in [0.3, 0.4) is 0 Å². The van der Waals surface area contributed by atoms with Crippen LogP contribution < -0.4 is 5.73 Å². The molecular formula is C17H18ClN5O2S. The van der Waals surface area contributed by atoms with E-state index in [2.05, 4.69) is 15.0 Å². The van der Waals surface area contributed by atoms with E-state index in [1.807, 2.05) is 30.5 Å². The first kappa shape index (κ1) is 18.5. The minimum absolute atomic E-state index is 0.0651. The van der Waals surface area contributed by atoms with Gasteiger partial charge >= 0.3 is 5.97 Å². The second-order valence-electron chi connectivity index (χ2n) is 6.16. The van der Waals surface area contributed by atoms with Crippen molar-refractivity contribution in [2.24, 2.45) is 5.92 Å². The fourth-order valence-electron chi connectivity index (χ4n) is 2.52. The Labute approximate surface area is 159 Å². The molecule has 0 saturated heterocycles. The molecule has 0 bridgehead atoms. The number of thioether (sulfide) groups is 1. The molecule has 0 aliphatic heterocycles. The van der Waals surface area contributed by atoms with Crippen molar-refractivity contribution < 1.29 is 9.90 Å². The number of carboxylic acids is 1. The first-order valence-corrected chi connectivity index (χ1v) is 9.23. The van der Waals surface area contributed by atoms with Crippen molar-refractivity contribution in [3.63, 3.8) is 0 Å². The number of carbonyl (C=O) groups is 1. The molecule has 0 fully saturated rings. The Bertz CT molecular complexity index is 942. The van der Waals surface area contributed by atoms with Crippen LogP contribution in [0.15, 0.2) is 35.7 Å². The zero-order valence-electron chi connectivity index (χ0n) is 14.3. The summed E-state index contributed by atoms with van der Waals surface area (Å²) in [6.07, 6.45) is 1.38. The number of benzene rings is 1. The number of hydrogen-bond donors (Lipinski definition) is 2. The summed E-state index contributed by atoms with van der Waals surface area (Å²) in [7, 11) is 0. The van der Waals surface area contributed by atoms with Gasteiger partial charge in [0.05, 0.1) is 6.54 Å². The van der Waals surface area contributed by atoms with Crippen molar-refractivity contribution in [3.05, 3.63) is 41.2 Å². The third kappa shape index (κ3) is 3.76. The summed E-state index contributed by atoms with van der Waals surface area (Å²) in [5.41, 5.74) is 7.96. The third-order valence-electron chi connectivity index (χ3n) is 3.86.